The van der Waals surface area contributed by atoms with Gasteiger partial charge in [0.15, 0.2) is 16.3 Å². The SMILES string of the molecule is COc1cc(/C=c2/sc3n(c2=O)[C@H](c2cccc([N+](=O)[O-])c2)C2=C(N=3)c3ccccc3CC2)ccc1OCc1cccc2ccccc12. The van der Waals surface area contributed by atoms with Crippen molar-refractivity contribution in [1.82, 2.24) is 4.57 Å². The van der Waals surface area contributed by atoms with Crippen molar-refractivity contribution in [3.05, 3.63) is 172 Å². The molecule has 0 radical (unpaired) electrons. The second kappa shape index (κ2) is 12.1. The number of fused-ring (bicyclic) bond motifs is 4. The molecule has 0 fully saturated rings. The lowest BCUT2D eigenvalue weighted by Crippen LogP contribution is -2.38. The number of methoxy groups -OCH3 is 1. The Morgan fingerprint density at radius 3 is 2.62 bits per heavy atom. The first kappa shape index (κ1) is 29.6. The fraction of sp³-hybridized carbons (Fsp3) is 0.128. The summed E-state index contributed by atoms with van der Waals surface area (Å²) in [5, 5.41) is 14.0. The van der Waals surface area contributed by atoms with Gasteiger partial charge in [-0.3, -0.25) is 19.5 Å². The number of allylic oxidation sites excluding steroid dienone is 1. The average Bonchev–Trinajstić information content (AvgIpc) is 3.43. The standard InChI is InChI=1S/C39H29N3O5S/c1-46-34-20-24(16-19-33(34)47-23-28-12-6-10-25-8-2-4-14-30(25)28)21-35-38(43)41-37(27-11-7-13-29(22-27)42(44)45)32-18-17-26-9-3-5-15-31(26)36(32)40-39(41)48-35/h2-16,19-22,37H,17-18,23H2,1H3/b35-21+/t37-/m1/s1. The van der Waals surface area contributed by atoms with Crippen LogP contribution >= 0.6 is 11.3 Å². The summed E-state index contributed by atoms with van der Waals surface area (Å²) in [6.07, 6.45) is 3.33. The van der Waals surface area contributed by atoms with Crippen LogP contribution in [-0.4, -0.2) is 16.6 Å². The quantitative estimate of drug-likeness (QED) is 0.137. The van der Waals surface area contributed by atoms with E-state index in [0.29, 0.717) is 39.4 Å². The van der Waals surface area contributed by atoms with Crippen molar-refractivity contribution in [2.75, 3.05) is 7.11 Å². The number of non-ortho nitro benzene ring substituents is 1. The van der Waals surface area contributed by atoms with Crippen LogP contribution in [0.25, 0.3) is 22.5 Å². The van der Waals surface area contributed by atoms with E-state index in [1.54, 1.807) is 23.8 Å². The molecule has 1 aromatic heterocycles. The van der Waals surface area contributed by atoms with Gasteiger partial charge in [-0.05, 0) is 69.6 Å². The monoisotopic (exact) mass is 651 g/mol. The van der Waals surface area contributed by atoms with Crippen LogP contribution in [0.15, 0.2) is 125 Å². The van der Waals surface area contributed by atoms with Crippen LogP contribution in [0.5, 0.6) is 11.5 Å². The molecule has 8 nitrogen and oxygen atoms in total. The smallest absolute Gasteiger partial charge is 0.271 e. The van der Waals surface area contributed by atoms with Crippen LogP contribution < -0.4 is 24.4 Å². The molecule has 6 aromatic rings. The highest BCUT2D eigenvalue weighted by atomic mass is 32.1. The van der Waals surface area contributed by atoms with Crippen LogP contribution in [0.4, 0.5) is 5.69 Å². The van der Waals surface area contributed by atoms with Crippen molar-refractivity contribution >= 4 is 39.6 Å². The zero-order chi connectivity index (χ0) is 32.8. The first-order valence-electron chi connectivity index (χ1n) is 15.6. The fourth-order valence-corrected chi connectivity index (χ4v) is 7.75. The number of aromatic nitrogens is 1. The molecule has 0 bridgehead atoms. The summed E-state index contributed by atoms with van der Waals surface area (Å²) in [6.45, 7) is 0.376. The van der Waals surface area contributed by atoms with E-state index in [2.05, 4.69) is 36.4 Å². The Balaban J connectivity index is 1.19. The number of thiazole rings is 1. The summed E-state index contributed by atoms with van der Waals surface area (Å²) >= 11 is 1.31. The summed E-state index contributed by atoms with van der Waals surface area (Å²) in [4.78, 5) is 31.1. The van der Waals surface area contributed by atoms with Gasteiger partial charge in [-0.2, -0.15) is 0 Å². The second-order valence-electron chi connectivity index (χ2n) is 11.8. The molecule has 2 heterocycles. The minimum absolute atomic E-state index is 0.0140. The van der Waals surface area contributed by atoms with E-state index in [1.807, 2.05) is 60.7 Å². The predicted octanol–water partition coefficient (Wildman–Crippen LogP) is 6.97. The molecule has 48 heavy (non-hydrogen) atoms. The Hall–Kier alpha value is -5.80. The largest absolute Gasteiger partial charge is 0.493 e. The highest BCUT2D eigenvalue weighted by Gasteiger charge is 2.33. The van der Waals surface area contributed by atoms with E-state index in [0.717, 1.165) is 45.2 Å². The maximum absolute atomic E-state index is 14.2. The molecule has 2 aliphatic rings. The molecule has 0 saturated carbocycles. The summed E-state index contributed by atoms with van der Waals surface area (Å²) in [7, 11) is 1.60. The Bertz CT molecular complexity index is 2470. The van der Waals surface area contributed by atoms with Crippen molar-refractivity contribution in [1.29, 1.82) is 0 Å². The minimum Gasteiger partial charge on any atom is -0.493 e. The van der Waals surface area contributed by atoms with Crippen molar-refractivity contribution in [2.45, 2.75) is 25.5 Å². The maximum atomic E-state index is 14.2. The molecule has 1 aliphatic heterocycles. The topological polar surface area (TPSA) is 96.0 Å². The first-order chi connectivity index (χ1) is 23.5. The first-order valence-corrected chi connectivity index (χ1v) is 16.4. The van der Waals surface area contributed by atoms with Gasteiger partial charge in [0.25, 0.3) is 11.2 Å². The lowest BCUT2D eigenvalue weighted by Gasteiger charge is -2.30. The molecule has 0 unspecified atom stereocenters. The molecular weight excluding hydrogens is 623 g/mol. The Morgan fingerprint density at radius 2 is 1.75 bits per heavy atom. The van der Waals surface area contributed by atoms with Gasteiger partial charge in [0.2, 0.25) is 0 Å². The van der Waals surface area contributed by atoms with Gasteiger partial charge in [-0.1, -0.05) is 96.3 Å². The van der Waals surface area contributed by atoms with Crippen molar-refractivity contribution in [2.24, 2.45) is 4.99 Å². The van der Waals surface area contributed by atoms with Crippen molar-refractivity contribution < 1.29 is 14.4 Å². The van der Waals surface area contributed by atoms with E-state index in [1.165, 1.54) is 23.0 Å². The number of aryl methyl sites for hydroxylation is 1. The molecule has 236 valence electrons. The third-order valence-corrected chi connectivity index (χ3v) is 10.0. The van der Waals surface area contributed by atoms with Gasteiger partial charge in [-0.25, -0.2) is 4.99 Å². The number of benzene rings is 5. The van der Waals surface area contributed by atoms with Gasteiger partial charge < -0.3 is 9.47 Å². The third kappa shape index (κ3) is 5.18. The van der Waals surface area contributed by atoms with Crippen molar-refractivity contribution in [3.63, 3.8) is 0 Å². The third-order valence-electron chi connectivity index (χ3n) is 9.02. The summed E-state index contributed by atoms with van der Waals surface area (Å²) in [6, 6.07) is 34.2. The lowest BCUT2D eigenvalue weighted by molar-refractivity contribution is -0.384. The molecule has 8 rings (SSSR count). The number of nitro benzene ring substituents is 1. The number of ether oxygens (including phenoxy) is 2. The molecule has 9 heteroatoms. The van der Waals surface area contributed by atoms with Gasteiger partial charge in [-0.15, -0.1) is 0 Å². The van der Waals surface area contributed by atoms with E-state index < -0.39 is 11.0 Å². The molecule has 1 aliphatic carbocycles. The average molecular weight is 652 g/mol. The zero-order valence-corrected chi connectivity index (χ0v) is 26.8. The van der Waals surface area contributed by atoms with Crippen LogP contribution in [-0.2, 0) is 13.0 Å². The van der Waals surface area contributed by atoms with Gasteiger partial charge >= 0.3 is 0 Å². The zero-order valence-electron chi connectivity index (χ0n) is 26.0. The summed E-state index contributed by atoms with van der Waals surface area (Å²) < 4.78 is 14.1. The Kier molecular flexibility index (Phi) is 7.46. The number of hydrogen-bond acceptors (Lipinski definition) is 7. The number of rotatable bonds is 7. The minimum atomic E-state index is -0.508. The summed E-state index contributed by atoms with van der Waals surface area (Å²) in [5.41, 5.74) is 6.39. The van der Waals surface area contributed by atoms with Crippen LogP contribution in [0.1, 0.15) is 40.3 Å². The molecule has 1 atom stereocenters. The Morgan fingerprint density at radius 1 is 0.938 bits per heavy atom. The van der Waals surface area contributed by atoms with Crippen LogP contribution in [0.2, 0.25) is 0 Å². The van der Waals surface area contributed by atoms with Crippen molar-refractivity contribution in [3.8, 4) is 11.5 Å². The molecule has 0 spiro atoms. The highest BCUT2D eigenvalue weighted by Crippen LogP contribution is 2.41. The number of nitrogens with zero attached hydrogens (tertiary/aromatic N) is 3. The Labute approximate surface area is 279 Å². The second-order valence-corrected chi connectivity index (χ2v) is 12.8. The van der Waals surface area contributed by atoms with E-state index in [9.17, 15) is 14.9 Å². The van der Waals surface area contributed by atoms with E-state index in [-0.39, 0.29) is 11.2 Å². The molecule has 5 aromatic carbocycles. The predicted molar refractivity (Wildman–Crippen MR) is 187 cm³/mol. The summed E-state index contributed by atoms with van der Waals surface area (Å²) in [5.74, 6) is 1.15. The molecular formula is C39H29N3O5S. The van der Waals surface area contributed by atoms with Crippen LogP contribution in [0.3, 0.4) is 0 Å². The molecule has 0 saturated heterocycles. The lowest BCUT2D eigenvalue weighted by atomic mass is 9.83. The van der Waals surface area contributed by atoms with Crippen LogP contribution in [0, 0.1) is 10.1 Å². The van der Waals surface area contributed by atoms with Gasteiger partial charge in [0, 0.05) is 17.7 Å². The highest BCUT2D eigenvalue weighted by molar-refractivity contribution is 7.07. The van der Waals surface area contributed by atoms with E-state index >= 15 is 0 Å². The molecule has 0 amide bonds. The van der Waals surface area contributed by atoms with Gasteiger partial charge in [0.1, 0.15) is 6.61 Å². The number of hydrogen-bond donors (Lipinski definition) is 0. The number of nitro groups is 1. The normalized spacial score (nSPS) is 15.4. The van der Waals surface area contributed by atoms with E-state index in [4.69, 9.17) is 14.5 Å². The molecule has 0 N–H and O–H groups in total. The fourth-order valence-electron chi connectivity index (χ4n) is 6.75. The van der Waals surface area contributed by atoms with Gasteiger partial charge in [0.05, 0.1) is 28.3 Å². The maximum Gasteiger partial charge on any atom is 0.271 e.